The molecule has 0 aromatic carbocycles. The van der Waals surface area contributed by atoms with E-state index in [2.05, 4.69) is 0 Å². The zero-order valence-electron chi connectivity index (χ0n) is 12.9. The van der Waals surface area contributed by atoms with Crippen LogP contribution in [0, 0.1) is 16.2 Å². The van der Waals surface area contributed by atoms with Crippen LogP contribution in [0.2, 0.25) is 0 Å². The molecule has 0 bridgehead atoms. The predicted molar refractivity (Wildman–Crippen MR) is 73.3 cm³/mol. The molecule has 1 unspecified atom stereocenters. The molecule has 2 heterocycles. The molecule has 21 heavy (non-hydrogen) atoms. The van der Waals surface area contributed by atoms with Gasteiger partial charge in [-0.2, -0.15) is 0 Å². The number of ether oxygens (including phenoxy) is 2. The van der Waals surface area contributed by atoms with Gasteiger partial charge in [-0.25, -0.2) is 0 Å². The maximum atomic E-state index is 11.5. The van der Waals surface area contributed by atoms with Crippen LogP contribution in [-0.4, -0.2) is 64.3 Å². The van der Waals surface area contributed by atoms with Gasteiger partial charge in [0.25, 0.3) is 0 Å². The number of fused-ring (bicyclic) bond motifs is 2. The number of rotatable bonds is 1. The van der Waals surface area contributed by atoms with Crippen molar-refractivity contribution >= 4 is 0 Å². The van der Waals surface area contributed by atoms with Crippen LogP contribution >= 0.6 is 0 Å². The molecular weight excluding hydrogens is 276 g/mol. The van der Waals surface area contributed by atoms with E-state index in [1.165, 1.54) is 0 Å². The fourth-order valence-electron chi connectivity index (χ4n) is 5.11. The van der Waals surface area contributed by atoms with Gasteiger partial charge in [0.2, 0.25) is 0 Å². The summed E-state index contributed by atoms with van der Waals surface area (Å²) in [7, 11) is 0. The quantitative estimate of drug-likeness (QED) is 0.527. The Morgan fingerprint density at radius 3 is 2.33 bits per heavy atom. The highest BCUT2D eigenvalue weighted by Gasteiger charge is 2.80. The Morgan fingerprint density at radius 2 is 1.86 bits per heavy atom. The van der Waals surface area contributed by atoms with Crippen molar-refractivity contribution in [2.45, 2.75) is 57.7 Å². The van der Waals surface area contributed by atoms with Crippen molar-refractivity contribution in [3.63, 3.8) is 0 Å². The van der Waals surface area contributed by atoms with Crippen molar-refractivity contribution in [1.82, 2.24) is 0 Å². The molecule has 0 radical (unpaired) electrons. The molecule has 0 amide bonds. The second-order valence-electron chi connectivity index (χ2n) is 7.91. The van der Waals surface area contributed by atoms with Crippen LogP contribution in [0.15, 0.2) is 0 Å². The van der Waals surface area contributed by atoms with Crippen LogP contribution < -0.4 is 0 Å². The van der Waals surface area contributed by atoms with E-state index in [1.54, 1.807) is 0 Å². The van der Waals surface area contributed by atoms with Gasteiger partial charge in [0.05, 0.1) is 43.0 Å². The van der Waals surface area contributed by atoms with Gasteiger partial charge < -0.3 is 29.9 Å². The standard InChI is InChI=1S/C15H26O6/c1-12(2,3)15(19)4-10-13(7-16,5-11(18)21-10)14(15)8-20-6-9(14)17/h9-11,16-19H,4-8H2,1-3H3/t9-,10-,11?,13+,14-,15+/m0/s1. The summed E-state index contributed by atoms with van der Waals surface area (Å²) in [5.41, 5.74) is -3.69. The molecule has 2 saturated heterocycles. The summed E-state index contributed by atoms with van der Waals surface area (Å²) in [6, 6.07) is 0. The van der Waals surface area contributed by atoms with E-state index in [0.29, 0.717) is 0 Å². The maximum Gasteiger partial charge on any atom is 0.155 e. The van der Waals surface area contributed by atoms with Crippen LogP contribution in [0.4, 0.5) is 0 Å². The SMILES string of the molecule is CC(C)(C)[C@]1(O)C[C@@H]2OC(O)C[C@]2(CO)[C@@]12COC[C@@H]2O. The highest BCUT2D eigenvalue weighted by molar-refractivity contribution is 5.27. The highest BCUT2D eigenvalue weighted by atomic mass is 16.6. The molecule has 1 aliphatic carbocycles. The highest BCUT2D eigenvalue weighted by Crippen LogP contribution is 2.70. The van der Waals surface area contributed by atoms with Gasteiger partial charge in [-0.3, -0.25) is 0 Å². The number of aliphatic hydroxyl groups is 4. The van der Waals surface area contributed by atoms with Gasteiger partial charge in [-0.15, -0.1) is 0 Å². The first kappa shape index (κ1) is 15.6. The molecule has 4 N–H and O–H groups in total. The van der Waals surface area contributed by atoms with E-state index in [9.17, 15) is 20.4 Å². The van der Waals surface area contributed by atoms with Gasteiger partial charge in [-0.05, 0) is 5.41 Å². The summed E-state index contributed by atoms with van der Waals surface area (Å²) in [6.07, 6.45) is -1.89. The second-order valence-corrected chi connectivity index (χ2v) is 7.91. The Morgan fingerprint density at radius 1 is 1.19 bits per heavy atom. The first-order valence-electron chi connectivity index (χ1n) is 7.57. The molecule has 1 spiro atoms. The normalized spacial score (nSPS) is 53.6. The number of hydrogen-bond acceptors (Lipinski definition) is 6. The fraction of sp³-hybridized carbons (Fsp3) is 1.00. The molecule has 0 aromatic heterocycles. The van der Waals surface area contributed by atoms with Gasteiger partial charge in [0, 0.05) is 18.3 Å². The summed E-state index contributed by atoms with van der Waals surface area (Å²) in [4.78, 5) is 0. The van der Waals surface area contributed by atoms with Gasteiger partial charge >= 0.3 is 0 Å². The van der Waals surface area contributed by atoms with Gasteiger partial charge in [0.1, 0.15) is 0 Å². The first-order chi connectivity index (χ1) is 9.64. The largest absolute Gasteiger partial charge is 0.396 e. The molecule has 3 rings (SSSR count). The summed E-state index contributed by atoms with van der Waals surface area (Å²) in [5, 5.41) is 42.2. The third-order valence-electron chi connectivity index (χ3n) is 6.28. The summed E-state index contributed by atoms with van der Waals surface area (Å²) in [5.74, 6) is 0. The van der Waals surface area contributed by atoms with E-state index < -0.39 is 40.3 Å². The summed E-state index contributed by atoms with van der Waals surface area (Å²) < 4.78 is 11.1. The van der Waals surface area contributed by atoms with Crippen LogP contribution in [0.5, 0.6) is 0 Å². The monoisotopic (exact) mass is 302 g/mol. The fourth-order valence-corrected chi connectivity index (χ4v) is 5.11. The molecule has 6 atom stereocenters. The van der Waals surface area contributed by atoms with Crippen LogP contribution in [0.3, 0.4) is 0 Å². The van der Waals surface area contributed by atoms with Crippen LogP contribution in [-0.2, 0) is 9.47 Å². The smallest absolute Gasteiger partial charge is 0.155 e. The van der Waals surface area contributed by atoms with E-state index in [-0.39, 0.29) is 32.7 Å². The Bertz CT molecular complexity index is 434. The second kappa shape index (κ2) is 4.40. The number of aliphatic hydroxyl groups excluding tert-OH is 3. The predicted octanol–water partition coefficient (Wildman–Crippen LogP) is -0.369. The van der Waals surface area contributed by atoms with Gasteiger partial charge in [-0.1, -0.05) is 20.8 Å². The van der Waals surface area contributed by atoms with Crippen molar-refractivity contribution in [3.05, 3.63) is 0 Å². The Hall–Kier alpha value is -0.240. The average Bonchev–Trinajstić information content (AvgIpc) is 2.95. The Kier molecular flexibility index (Phi) is 3.28. The van der Waals surface area contributed by atoms with Crippen LogP contribution in [0.1, 0.15) is 33.6 Å². The first-order valence-corrected chi connectivity index (χ1v) is 7.57. The minimum Gasteiger partial charge on any atom is -0.396 e. The van der Waals surface area contributed by atoms with E-state index in [4.69, 9.17) is 9.47 Å². The molecule has 2 aliphatic heterocycles. The minimum atomic E-state index is -1.25. The van der Waals surface area contributed by atoms with Gasteiger partial charge in [0.15, 0.2) is 6.29 Å². The summed E-state index contributed by atoms with van der Waals surface area (Å²) >= 11 is 0. The van der Waals surface area contributed by atoms with E-state index in [1.807, 2.05) is 20.8 Å². The van der Waals surface area contributed by atoms with E-state index in [0.717, 1.165) is 0 Å². The van der Waals surface area contributed by atoms with Crippen molar-refractivity contribution in [2.24, 2.45) is 16.2 Å². The average molecular weight is 302 g/mol. The molecule has 3 aliphatic rings. The lowest BCUT2D eigenvalue weighted by molar-refractivity contribution is -0.210. The third kappa shape index (κ3) is 1.58. The number of hydrogen-bond donors (Lipinski definition) is 4. The lowest BCUT2D eigenvalue weighted by Crippen LogP contribution is -2.64. The molecule has 0 aromatic rings. The molecule has 3 fully saturated rings. The van der Waals surface area contributed by atoms with Crippen molar-refractivity contribution in [1.29, 1.82) is 0 Å². The topological polar surface area (TPSA) is 99.4 Å². The van der Waals surface area contributed by atoms with E-state index >= 15 is 0 Å². The van der Waals surface area contributed by atoms with Crippen LogP contribution in [0.25, 0.3) is 0 Å². The lowest BCUT2D eigenvalue weighted by Gasteiger charge is -2.54. The van der Waals surface area contributed by atoms with Crippen molar-refractivity contribution < 1.29 is 29.9 Å². The molecule has 122 valence electrons. The molecule has 6 heteroatoms. The lowest BCUT2D eigenvalue weighted by atomic mass is 9.52. The molecular formula is C15H26O6. The third-order valence-corrected chi connectivity index (χ3v) is 6.28. The van der Waals surface area contributed by atoms with Crippen molar-refractivity contribution in [2.75, 3.05) is 19.8 Å². The zero-order chi connectivity index (χ0) is 15.7. The maximum absolute atomic E-state index is 11.5. The summed E-state index contributed by atoms with van der Waals surface area (Å²) in [6.45, 7) is 5.79. The Balaban J connectivity index is 2.20. The van der Waals surface area contributed by atoms with Crippen molar-refractivity contribution in [3.8, 4) is 0 Å². The zero-order valence-corrected chi connectivity index (χ0v) is 12.9. The molecule has 1 saturated carbocycles. The Labute approximate surface area is 124 Å². The minimum absolute atomic E-state index is 0.128. The molecule has 6 nitrogen and oxygen atoms in total.